The molecule has 0 radical (unpaired) electrons. The van der Waals surface area contributed by atoms with E-state index in [4.69, 9.17) is 5.11 Å². The maximum atomic E-state index is 14.0. The summed E-state index contributed by atoms with van der Waals surface area (Å²) in [5.41, 5.74) is -0.965. The van der Waals surface area contributed by atoms with E-state index in [-0.39, 0.29) is 17.8 Å². The Labute approximate surface area is 138 Å². The number of amides is 1. The number of carbonyl (C=O) groups is 2. The summed E-state index contributed by atoms with van der Waals surface area (Å²) in [5.74, 6) is -2.20. The summed E-state index contributed by atoms with van der Waals surface area (Å²) < 4.78 is 52.4. The van der Waals surface area contributed by atoms with Crippen LogP contribution in [0.1, 0.15) is 23.0 Å². The minimum Gasteiger partial charge on any atom is -0.480 e. The lowest BCUT2D eigenvalue weighted by Crippen LogP contribution is -2.27. The van der Waals surface area contributed by atoms with Crippen molar-refractivity contribution in [2.75, 3.05) is 0 Å². The van der Waals surface area contributed by atoms with E-state index in [9.17, 15) is 27.2 Å². The first-order chi connectivity index (χ1) is 11.7. The summed E-state index contributed by atoms with van der Waals surface area (Å²) in [6.45, 7) is -0.627. The third kappa shape index (κ3) is 4.99. The number of carboxylic acid groups (broad SMARTS) is 1. The Morgan fingerprint density at radius 1 is 1.24 bits per heavy atom. The Morgan fingerprint density at radius 3 is 2.44 bits per heavy atom. The average Bonchev–Trinajstić information content (AvgIpc) is 2.98. The second-order valence-corrected chi connectivity index (χ2v) is 5.00. The van der Waals surface area contributed by atoms with Gasteiger partial charge >= 0.3 is 12.1 Å². The molecule has 11 heteroatoms. The molecule has 1 atom stereocenters. The molecule has 0 aliphatic rings. The van der Waals surface area contributed by atoms with E-state index < -0.39 is 36.3 Å². The Bertz CT molecular complexity index is 758. The van der Waals surface area contributed by atoms with Crippen molar-refractivity contribution in [1.29, 1.82) is 0 Å². The zero-order chi connectivity index (χ0) is 18.6. The fourth-order valence-electron chi connectivity index (χ4n) is 1.90. The Balaban J connectivity index is 1.94. The van der Waals surface area contributed by atoms with Crippen molar-refractivity contribution < 1.29 is 32.3 Å². The monoisotopic (exact) mass is 360 g/mol. The lowest BCUT2D eigenvalue weighted by atomic mass is 10.1. The third-order valence-electron chi connectivity index (χ3n) is 3.09. The topological polar surface area (TPSA) is 97.1 Å². The van der Waals surface area contributed by atoms with E-state index >= 15 is 0 Å². The van der Waals surface area contributed by atoms with Gasteiger partial charge in [-0.25, -0.2) is 9.07 Å². The summed E-state index contributed by atoms with van der Waals surface area (Å²) in [6, 6.07) is 3.14. The van der Waals surface area contributed by atoms with E-state index in [0.29, 0.717) is 12.1 Å². The van der Waals surface area contributed by atoms with Gasteiger partial charge in [0.2, 0.25) is 6.17 Å². The van der Waals surface area contributed by atoms with Gasteiger partial charge in [0.25, 0.3) is 5.91 Å². The highest BCUT2D eigenvalue weighted by molar-refractivity contribution is 5.82. The van der Waals surface area contributed by atoms with Crippen molar-refractivity contribution in [3.8, 4) is 0 Å². The van der Waals surface area contributed by atoms with E-state index in [0.717, 1.165) is 16.8 Å². The molecular weight excluding hydrogens is 348 g/mol. The molecule has 2 N–H and O–H groups in total. The molecule has 1 unspecified atom stereocenters. The number of nitrogens with zero attached hydrogens (tertiary/aromatic N) is 3. The number of halogens is 4. The van der Waals surface area contributed by atoms with Gasteiger partial charge < -0.3 is 10.4 Å². The van der Waals surface area contributed by atoms with Crippen LogP contribution in [-0.4, -0.2) is 32.0 Å². The molecule has 1 heterocycles. The summed E-state index contributed by atoms with van der Waals surface area (Å²) >= 11 is 0. The summed E-state index contributed by atoms with van der Waals surface area (Å²) in [6.07, 6.45) is -5.44. The molecule has 0 aliphatic heterocycles. The van der Waals surface area contributed by atoms with Crippen molar-refractivity contribution in [3.63, 3.8) is 0 Å². The average molecular weight is 360 g/mol. The Hall–Kier alpha value is -2.98. The lowest BCUT2D eigenvalue weighted by Gasteiger charge is -2.11. The summed E-state index contributed by atoms with van der Waals surface area (Å²) in [5, 5.41) is 17.9. The van der Waals surface area contributed by atoms with Gasteiger partial charge in [-0.3, -0.25) is 9.59 Å². The molecule has 2 aromatic rings. The minimum absolute atomic E-state index is 0.203. The molecule has 7 nitrogen and oxygen atoms in total. The normalized spacial score (nSPS) is 12.6. The van der Waals surface area contributed by atoms with Gasteiger partial charge in [0.15, 0.2) is 0 Å². The standard InChI is InChI=1S/C14H12F4N4O3/c15-12(8-1-3-9(4-2-8)14(16,17)18)13(25)19-5-10-6-22(21-20-10)7-11(23)24/h1-4,6,12H,5,7H2,(H,19,25)(H,23,24). The van der Waals surface area contributed by atoms with Crippen LogP contribution in [0.4, 0.5) is 17.6 Å². The first kappa shape index (κ1) is 18.4. The van der Waals surface area contributed by atoms with Gasteiger partial charge in [0, 0.05) is 0 Å². The largest absolute Gasteiger partial charge is 0.480 e. The molecule has 0 saturated carbocycles. The quantitative estimate of drug-likeness (QED) is 0.765. The van der Waals surface area contributed by atoms with Crippen LogP contribution in [0.3, 0.4) is 0 Å². The zero-order valence-corrected chi connectivity index (χ0v) is 12.5. The highest BCUT2D eigenvalue weighted by Crippen LogP contribution is 2.30. The van der Waals surface area contributed by atoms with Gasteiger partial charge in [0.05, 0.1) is 18.3 Å². The van der Waals surface area contributed by atoms with Crippen molar-refractivity contribution in [3.05, 3.63) is 47.3 Å². The molecule has 0 spiro atoms. The fraction of sp³-hybridized carbons (Fsp3) is 0.286. The van der Waals surface area contributed by atoms with Crippen LogP contribution < -0.4 is 5.32 Å². The van der Waals surface area contributed by atoms with E-state index in [1.165, 1.54) is 6.20 Å². The minimum atomic E-state index is -4.55. The van der Waals surface area contributed by atoms with E-state index in [1.807, 2.05) is 0 Å². The third-order valence-corrected chi connectivity index (χ3v) is 3.09. The summed E-state index contributed by atoms with van der Waals surface area (Å²) in [7, 11) is 0. The van der Waals surface area contributed by atoms with Crippen LogP contribution in [0.2, 0.25) is 0 Å². The van der Waals surface area contributed by atoms with Crippen LogP contribution in [0.5, 0.6) is 0 Å². The SMILES string of the molecule is O=C(O)Cn1cc(CNC(=O)C(F)c2ccc(C(F)(F)F)cc2)nn1. The number of aliphatic carboxylic acids is 1. The van der Waals surface area contributed by atoms with Crippen molar-refractivity contribution in [2.24, 2.45) is 0 Å². The number of carboxylic acids is 1. The number of aromatic nitrogens is 3. The van der Waals surface area contributed by atoms with Crippen molar-refractivity contribution in [1.82, 2.24) is 20.3 Å². The molecule has 2 rings (SSSR count). The molecule has 0 aliphatic carbocycles. The second-order valence-electron chi connectivity index (χ2n) is 5.00. The number of hydrogen-bond donors (Lipinski definition) is 2. The predicted molar refractivity (Wildman–Crippen MR) is 74.8 cm³/mol. The number of nitrogens with one attached hydrogen (secondary N) is 1. The molecule has 0 fully saturated rings. The molecule has 25 heavy (non-hydrogen) atoms. The van der Waals surface area contributed by atoms with E-state index in [1.54, 1.807) is 0 Å². The number of hydrogen-bond acceptors (Lipinski definition) is 4. The van der Waals surface area contributed by atoms with Crippen LogP contribution >= 0.6 is 0 Å². The predicted octanol–water partition coefficient (Wildman–Crippen LogP) is 1.71. The Morgan fingerprint density at radius 2 is 1.88 bits per heavy atom. The van der Waals surface area contributed by atoms with Gasteiger partial charge in [-0.2, -0.15) is 13.2 Å². The van der Waals surface area contributed by atoms with Crippen LogP contribution in [0.15, 0.2) is 30.5 Å². The van der Waals surface area contributed by atoms with E-state index in [2.05, 4.69) is 15.6 Å². The van der Waals surface area contributed by atoms with Gasteiger partial charge in [-0.15, -0.1) is 5.10 Å². The molecule has 1 aromatic heterocycles. The molecule has 1 amide bonds. The maximum Gasteiger partial charge on any atom is 0.416 e. The smallest absolute Gasteiger partial charge is 0.416 e. The lowest BCUT2D eigenvalue weighted by molar-refractivity contribution is -0.138. The van der Waals surface area contributed by atoms with Gasteiger partial charge in [0.1, 0.15) is 12.2 Å². The number of alkyl halides is 4. The molecular formula is C14H12F4N4O3. The first-order valence-corrected chi connectivity index (χ1v) is 6.86. The maximum absolute atomic E-state index is 14.0. The molecule has 134 valence electrons. The van der Waals surface area contributed by atoms with Crippen molar-refractivity contribution >= 4 is 11.9 Å². The van der Waals surface area contributed by atoms with Crippen LogP contribution in [0, 0.1) is 0 Å². The number of benzene rings is 1. The van der Waals surface area contributed by atoms with Gasteiger partial charge in [-0.05, 0) is 17.7 Å². The highest BCUT2D eigenvalue weighted by Gasteiger charge is 2.30. The number of carbonyl (C=O) groups excluding carboxylic acids is 1. The number of rotatable bonds is 6. The van der Waals surface area contributed by atoms with Crippen molar-refractivity contribution in [2.45, 2.75) is 25.4 Å². The fourth-order valence-corrected chi connectivity index (χ4v) is 1.90. The molecule has 1 aromatic carbocycles. The van der Waals surface area contributed by atoms with Crippen LogP contribution in [0.25, 0.3) is 0 Å². The van der Waals surface area contributed by atoms with Gasteiger partial charge in [-0.1, -0.05) is 17.3 Å². The highest BCUT2D eigenvalue weighted by atomic mass is 19.4. The zero-order valence-electron chi connectivity index (χ0n) is 12.5. The molecule has 0 saturated heterocycles. The molecule has 0 bridgehead atoms. The first-order valence-electron chi connectivity index (χ1n) is 6.86. The van der Waals surface area contributed by atoms with Crippen LogP contribution in [-0.2, 0) is 28.9 Å². The summed E-state index contributed by atoms with van der Waals surface area (Å²) in [4.78, 5) is 22.2. The second kappa shape index (κ2) is 7.28. The Kier molecular flexibility index (Phi) is 5.35.